The molecule has 1 aliphatic rings. The largest absolute Gasteiger partial charge is 0.301 e. The molecule has 106 valence electrons. The summed E-state index contributed by atoms with van der Waals surface area (Å²) in [5, 5.41) is 9.98. The third-order valence-corrected chi connectivity index (χ3v) is 5.61. The lowest BCUT2D eigenvalue weighted by molar-refractivity contribution is -0.115. The lowest BCUT2D eigenvalue weighted by atomic mass is 10.3. The highest BCUT2D eigenvalue weighted by Crippen LogP contribution is 2.23. The molecule has 1 heterocycles. The second-order valence-electron chi connectivity index (χ2n) is 4.38. The van der Waals surface area contributed by atoms with Crippen molar-refractivity contribution < 1.29 is 13.2 Å². The Balaban J connectivity index is 2.05. The highest BCUT2D eigenvalue weighted by Gasteiger charge is 2.26. The maximum Gasteiger partial charge on any atom is 0.270 e. The Kier molecular flexibility index (Phi) is 4.48. The van der Waals surface area contributed by atoms with Crippen molar-refractivity contribution in [2.75, 3.05) is 5.32 Å². The number of amides is 1. The van der Waals surface area contributed by atoms with Crippen LogP contribution < -0.4 is 10.0 Å². The van der Waals surface area contributed by atoms with E-state index in [9.17, 15) is 13.2 Å². The summed E-state index contributed by atoms with van der Waals surface area (Å²) >= 11 is 0.862. The molecule has 0 atom stereocenters. The number of nitrogens with zero attached hydrogens (tertiary/aromatic N) is 2. The van der Waals surface area contributed by atoms with E-state index >= 15 is 0 Å². The van der Waals surface area contributed by atoms with Gasteiger partial charge >= 0.3 is 0 Å². The van der Waals surface area contributed by atoms with Gasteiger partial charge in [0.1, 0.15) is 0 Å². The van der Waals surface area contributed by atoms with Gasteiger partial charge in [0, 0.05) is 12.5 Å². The molecule has 1 aliphatic carbocycles. The van der Waals surface area contributed by atoms with Gasteiger partial charge in [0.2, 0.25) is 15.4 Å². The highest BCUT2D eigenvalue weighted by molar-refractivity contribution is 7.91. The molecule has 1 fully saturated rings. The van der Waals surface area contributed by atoms with Gasteiger partial charge in [0.05, 0.1) is 0 Å². The molecular weight excluding hydrogens is 288 g/mol. The molecular formula is C10H16N4O3S2. The van der Waals surface area contributed by atoms with Crippen LogP contribution in [-0.4, -0.2) is 30.6 Å². The summed E-state index contributed by atoms with van der Waals surface area (Å²) in [6, 6.07) is -0.0115. The van der Waals surface area contributed by atoms with E-state index in [4.69, 9.17) is 0 Å². The average Bonchev–Trinajstić information content (AvgIpc) is 3.00. The van der Waals surface area contributed by atoms with Crippen LogP contribution in [0.2, 0.25) is 0 Å². The predicted octanol–water partition coefficient (Wildman–Crippen LogP) is 1.11. The number of aromatic nitrogens is 2. The van der Waals surface area contributed by atoms with E-state index in [0.717, 1.165) is 37.0 Å². The summed E-state index contributed by atoms with van der Waals surface area (Å²) in [5.41, 5.74) is 0. The van der Waals surface area contributed by atoms with Gasteiger partial charge in [-0.2, -0.15) is 0 Å². The van der Waals surface area contributed by atoms with Crippen LogP contribution >= 0.6 is 11.3 Å². The van der Waals surface area contributed by atoms with E-state index in [0.29, 0.717) is 6.42 Å². The first-order valence-corrected chi connectivity index (χ1v) is 8.47. The molecule has 0 radical (unpaired) electrons. The molecule has 1 saturated carbocycles. The van der Waals surface area contributed by atoms with Crippen molar-refractivity contribution in [1.82, 2.24) is 14.9 Å². The van der Waals surface area contributed by atoms with Crippen LogP contribution in [0.4, 0.5) is 5.13 Å². The summed E-state index contributed by atoms with van der Waals surface area (Å²) in [5.74, 6) is -0.219. The van der Waals surface area contributed by atoms with Crippen LogP contribution in [0.3, 0.4) is 0 Å². The second-order valence-corrected chi connectivity index (χ2v) is 7.24. The van der Waals surface area contributed by atoms with Crippen LogP contribution in [0.1, 0.15) is 39.0 Å². The quantitative estimate of drug-likeness (QED) is 0.793. The summed E-state index contributed by atoms with van der Waals surface area (Å²) in [7, 11) is -3.62. The minimum Gasteiger partial charge on any atom is -0.301 e. The molecule has 0 saturated heterocycles. The lowest BCUT2D eigenvalue weighted by Gasteiger charge is -2.09. The van der Waals surface area contributed by atoms with Crippen molar-refractivity contribution in [3.63, 3.8) is 0 Å². The number of carbonyl (C=O) groups excluding carboxylic acids is 1. The highest BCUT2D eigenvalue weighted by atomic mass is 32.2. The SMILES string of the molecule is CCC(=O)Nc1nnc(S(=O)(=O)NC2CCCC2)s1. The Morgan fingerprint density at radius 1 is 1.37 bits per heavy atom. The minimum atomic E-state index is -3.62. The van der Waals surface area contributed by atoms with Crippen LogP contribution in [-0.2, 0) is 14.8 Å². The van der Waals surface area contributed by atoms with Gasteiger partial charge in [-0.3, -0.25) is 4.79 Å². The van der Waals surface area contributed by atoms with Gasteiger partial charge in [-0.15, -0.1) is 10.2 Å². The molecule has 7 nitrogen and oxygen atoms in total. The smallest absolute Gasteiger partial charge is 0.270 e. The fourth-order valence-corrected chi connectivity index (χ4v) is 4.13. The maximum absolute atomic E-state index is 12.0. The van der Waals surface area contributed by atoms with Gasteiger partial charge in [-0.25, -0.2) is 13.1 Å². The van der Waals surface area contributed by atoms with Crippen molar-refractivity contribution in [2.45, 2.75) is 49.4 Å². The van der Waals surface area contributed by atoms with E-state index in [1.54, 1.807) is 6.92 Å². The number of hydrogen-bond donors (Lipinski definition) is 2. The first kappa shape index (κ1) is 14.4. The van der Waals surface area contributed by atoms with E-state index in [2.05, 4.69) is 20.2 Å². The third-order valence-electron chi connectivity index (χ3n) is 2.88. The summed E-state index contributed by atoms with van der Waals surface area (Å²) in [6.45, 7) is 1.70. The van der Waals surface area contributed by atoms with Crippen molar-refractivity contribution in [2.24, 2.45) is 0 Å². The first-order chi connectivity index (χ1) is 9.01. The van der Waals surface area contributed by atoms with Crippen LogP contribution in [0, 0.1) is 0 Å². The fourth-order valence-electron chi connectivity index (χ4n) is 1.89. The van der Waals surface area contributed by atoms with Crippen LogP contribution in [0.5, 0.6) is 0 Å². The monoisotopic (exact) mass is 304 g/mol. The Bertz CT molecular complexity index is 549. The molecule has 0 spiro atoms. The zero-order valence-corrected chi connectivity index (χ0v) is 12.2. The van der Waals surface area contributed by atoms with E-state index in [1.165, 1.54) is 0 Å². The Morgan fingerprint density at radius 2 is 2.05 bits per heavy atom. The molecule has 19 heavy (non-hydrogen) atoms. The molecule has 1 aromatic heterocycles. The zero-order valence-electron chi connectivity index (χ0n) is 10.5. The minimum absolute atomic E-state index is 0.0115. The number of carbonyl (C=O) groups is 1. The summed E-state index contributed by atoms with van der Waals surface area (Å²) in [6.07, 6.45) is 4.11. The van der Waals surface area contributed by atoms with Crippen LogP contribution in [0.25, 0.3) is 0 Å². The van der Waals surface area contributed by atoms with Crippen molar-refractivity contribution in [3.05, 3.63) is 0 Å². The van der Waals surface area contributed by atoms with Crippen molar-refractivity contribution in [3.8, 4) is 0 Å². The lowest BCUT2D eigenvalue weighted by Crippen LogP contribution is -2.32. The number of sulfonamides is 1. The number of rotatable bonds is 5. The number of hydrogen-bond acceptors (Lipinski definition) is 6. The molecule has 0 bridgehead atoms. The normalized spacial score (nSPS) is 16.7. The Morgan fingerprint density at radius 3 is 2.68 bits per heavy atom. The predicted molar refractivity (Wildman–Crippen MR) is 71.4 cm³/mol. The molecule has 0 unspecified atom stereocenters. The van der Waals surface area contributed by atoms with Crippen molar-refractivity contribution >= 4 is 32.4 Å². The molecule has 2 rings (SSSR count). The molecule has 9 heteroatoms. The molecule has 0 aromatic carbocycles. The Hall–Kier alpha value is -1.06. The number of anilines is 1. The Labute approximate surface area is 115 Å². The maximum atomic E-state index is 12.0. The standard InChI is InChI=1S/C10H16N4O3S2/c1-2-8(15)11-9-12-13-10(18-9)19(16,17)14-7-5-3-4-6-7/h7,14H,2-6H2,1H3,(H,11,12,15). The molecule has 0 aliphatic heterocycles. The first-order valence-electron chi connectivity index (χ1n) is 6.17. The van der Waals surface area contributed by atoms with Crippen molar-refractivity contribution in [1.29, 1.82) is 0 Å². The fraction of sp³-hybridized carbons (Fsp3) is 0.700. The molecule has 2 N–H and O–H groups in total. The summed E-state index contributed by atoms with van der Waals surface area (Å²) < 4.78 is 26.6. The van der Waals surface area contributed by atoms with E-state index in [-0.39, 0.29) is 21.4 Å². The topological polar surface area (TPSA) is 101 Å². The van der Waals surface area contributed by atoms with E-state index in [1.807, 2.05) is 0 Å². The number of nitrogens with one attached hydrogen (secondary N) is 2. The zero-order chi connectivity index (χ0) is 13.9. The van der Waals surface area contributed by atoms with Gasteiger partial charge in [-0.05, 0) is 12.8 Å². The second kappa shape index (κ2) is 5.93. The molecule has 1 aromatic rings. The van der Waals surface area contributed by atoms with E-state index < -0.39 is 10.0 Å². The third kappa shape index (κ3) is 3.71. The van der Waals surface area contributed by atoms with Gasteiger partial charge in [-0.1, -0.05) is 31.1 Å². The van der Waals surface area contributed by atoms with Crippen LogP contribution in [0.15, 0.2) is 4.34 Å². The molecule has 1 amide bonds. The van der Waals surface area contributed by atoms with Gasteiger partial charge < -0.3 is 5.32 Å². The average molecular weight is 304 g/mol. The van der Waals surface area contributed by atoms with Gasteiger partial charge in [0.15, 0.2) is 0 Å². The summed E-state index contributed by atoms with van der Waals surface area (Å²) in [4.78, 5) is 11.2. The van der Waals surface area contributed by atoms with Gasteiger partial charge in [0.25, 0.3) is 10.0 Å².